The summed E-state index contributed by atoms with van der Waals surface area (Å²) in [6.45, 7) is 2.08. The van der Waals surface area contributed by atoms with Crippen molar-refractivity contribution in [2.24, 2.45) is 0 Å². The van der Waals surface area contributed by atoms with Crippen LogP contribution in [0.5, 0.6) is 0 Å². The van der Waals surface area contributed by atoms with Gasteiger partial charge in [0, 0.05) is 11.1 Å². The Morgan fingerprint density at radius 1 is 1.45 bits per heavy atom. The molecule has 0 amide bonds. The van der Waals surface area contributed by atoms with Crippen molar-refractivity contribution in [1.82, 2.24) is 14.7 Å². The lowest BCUT2D eigenvalue weighted by atomic mass is 10.1. The molecule has 22 heavy (non-hydrogen) atoms. The van der Waals surface area contributed by atoms with E-state index in [0.29, 0.717) is 16.6 Å². The minimum Gasteiger partial charge on any atom is -0.398 e. The van der Waals surface area contributed by atoms with Crippen molar-refractivity contribution < 1.29 is 18.0 Å². The number of hydrogen-bond donors (Lipinski definition) is 1. The fraction of sp³-hybridized carbons (Fsp3) is 0.429. The first-order valence-corrected chi connectivity index (χ1v) is 6.65. The number of carbonyl (C=O) groups excluding carboxylic acids is 1. The number of hydrogen-bond acceptors (Lipinski definition) is 4. The van der Waals surface area contributed by atoms with Crippen molar-refractivity contribution in [2.45, 2.75) is 26.1 Å². The largest absolute Gasteiger partial charge is 0.401 e. The summed E-state index contributed by atoms with van der Waals surface area (Å²) in [5.74, 6) is -0.537. The lowest BCUT2D eigenvalue weighted by Gasteiger charge is -2.24. The number of alkyl halides is 3. The fourth-order valence-corrected chi connectivity index (χ4v) is 2.16. The van der Waals surface area contributed by atoms with Crippen LogP contribution in [0.3, 0.4) is 0 Å². The van der Waals surface area contributed by atoms with E-state index in [9.17, 15) is 18.0 Å². The Kier molecular flexibility index (Phi) is 4.15. The maximum absolute atomic E-state index is 12.4. The van der Waals surface area contributed by atoms with E-state index >= 15 is 0 Å². The van der Waals surface area contributed by atoms with Crippen molar-refractivity contribution >= 4 is 22.5 Å². The van der Waals surface area contributed by atoms with Crippen LogP contribution in [-0.2, 0) is 0 Å². The number of fused-ring (bicyclic) bond motifs is 1. The van der Waals surface area contributed by atoms with Gasteiger partial charge in [0.25, 0.3) is 5.91 Å². The molecule has 0 aliphatic carbocycles. The summed E-state index contributed by atoms with van der Waals surface area (Å²) in [4.78, 5) is 13.3. The zero-order valence-electron chi connectivity index (χ0n) is 12.5. The van der Waals surface area contributed by atoms with E-state index in [2.05, 4.69) is 5.10 Å². The second kappa shape index (κ2) is 5.60. The number of nitrogens with zero attached hydrogens (tertiary/aromatic N) is 3. The molecule has 1 aromatic heterocycles. The SMILES string of the molecule is Cc1cc2cnn(C(=O)C(C)N(C)CC(F)(F)F)c2cc1N. The number of anilines is 1. The Morgan fingerprint density at radius 2 is 2.09 bits per heavy atom. The number of aryl methyl sites for hydroxylation is 1. The van der Waals surface area contributed by atoms with Crippen molar-refractivity contribution in [2.75, 3.05) is 19.3 Å². The second-order valence-corrected chi connectivity index (χ2v) is 5.37. The highest BCUT2D eigenvalue weighted by Crippen LogP contribution is 2.22. The molecule has 1 aromatic carbocycles. The van der Waals surface area contributed by atoms with Gasteiger partial charge in [-0.1, -0.05) is 0 Å². The summed E-state index contributed by atoms with van der Waals surface area (Å²) in [6.07, 6.45) is -2.87. The van der Waals surface area contributed by atoms with Crippen LogP contribution in [0.4, 0.5) is 18.9 Å². The number of benzene rings is 1. The molecule has 0 aliphatic rings. The number of rotatable bonds is 3. The van der Waals surface area contributed by atoms with Gasteiger partial charge >= 0.3 is 6.18 Å². The Labute approximate surface area is 125 Å². The molecule has 1 unspecified atom stereocenters. The average molecular weight is 314 g/mol. The molecular weight excluding hydrogens is 297 g/mol. The van der Waals surface area contributed by atoms with E-state index in [4.69, 9.17) is 5.73 Å². The molecule has 0 bridgehead atoms. The number of nitrogens with two attached hydrogens (primary N) is 1. The molecule has 2 N–H and O–H groups in total. The predicted molar refractivity (Wildman–Crippen MR) is 77.7 cm³/mol. The molecule has 120 valence electrons. The smallest absolute Gasteiger partial charge is 0.398 e. The minimum atomic E-state index is -4.36. The molecule has 0 saturated heterocycles. The number of aromatic nitrogens is 2. The van der Waals surface area contributed by atoms with E-state index in [1.807, 2.05) is 6.92 Å². The molecule has 8 heteroatoms. The molecule has 1 atom stereocenters. The molecule has 0 aliphatic heterocycles. The van der Waals surface area contributed by atoms with E-state index in [-0.39, 0.29) is 0 Å². The zero-order chi connectivity index (χ0) is 16.7. The third-order valence-corrected chi connectivity index (χ3v) is 3.61. The predicted octanol–water partition coefficient (Wildman–Crippen LogP) is 2.45. The van der Waals surface area contributed by atoms with Crippen LogP contribution in [0.2, 0.25) is 0 Å². The summed E-state index contributed by atoms with van der Waals surface area (Å²) in [5.41, 5.74) is 7.66. The summed E-state index contributed by atoms with van der Waals surface area (Å²) < 4.78 is 38.4. The normalized spacial score (nSPS) is 13.8. The van der Waals surface area contributed by atoms with Crippen LogP contribution in [-0.4, -0.2) is 46.4 Å². The number of likely N-dealkylation sites (N-methyl/N-ethyl adjacent to an activating group) is 1. The highest BCUT2D eigenvalue weighted by Gasteiger charge is 2.33. The summed E-state index contributed by atoms with van der Waals surface area (Å²) >= 11 is 0. The molecule has 1 heterocycles. The first kappa shape index (κ1) is 16.3. The molecule has 5 nitrogen and oxygen atoms in total. The Balaban J connectivity index is 2.31. The van der Waals surface area contributed by atoms with Crippen molar-refractivity contribution in [1.29, 1.82) is 0 Å². The topological polar surface area (TPSA) is 64.2 Å². The average Bonchev–Trinajstić information content (AvgIpc) is 2.78. The molecule has 0 saturated carbocycles. The molecule has 0 spiro atoms. The van der Waals surface area contributed by atoms with Crippen molar-refractivity contribution in [3.05, 3.63) is 23.9 Å². The number of carbonyl (C=O) groups is 1. The van der Waals surface area contributed by atoms with Crippen LogP contribution in [0.15, 0.2) is 18.3 Å². The van der Waals surface area contributed by atoms with Crippen molar-refractivity contribution in [3.63, 3.8) is 0 Å². The van der Waals surface area contributed by atoms with Gasteiger partial charge < -0.3 is 5.73 Å². The number of halogens is 3. The van der Waals surface area contributed by atoms with Crippen LogP contribution >= 0.6 is 0 Å². The van der Waals surface area contributed by atoms with E-state index in [1.165, 1.54) is 20.2 Å². The third-order valence-electron chi connectivity index (χ3n) is 3.61. The zero-order valence-corrected chi connectivity index (χ0v) is 12.5. The van der Waals surface area contributed by atoms with Gasteiger partial charge in [-0.2, -0.15) is 23.0 Å². The third kappa shape index (κ3) is 3.22. The molecule has 0 fully saturated rings. The summed E-state index contributed by atoms with van der Waals surface area (Å²) in [5, 5.41) is 4.69. The van der Waals surface area contributed by atoms with Gasteiger partial charge in [-0.15, -0.1) is 0 Å². The minimum absolute atomic E-state index is 0.486. The Hall–Kier alpha value is -2.09. The van der Waals surface area contributed by atoms with Gasteiger partial charge in [-0.3, -0.25) is 9.69 Å². The van der Waals surface area contributed by atoms with Gasteiger partial charge in [0.1, 0.15) is 0 Å². The maximum atomic E-state index is 12.4. The Morgan fingerprint density at radius 3 is 2.68 bits per heavy atom. The highest BCUT2D eigenvalue weighted by atomic mass is 19.4. The van der Waals surface area contributed by atoms with Gasteiger partial charge in [0.15, 0.2) is 0 Å². The summed E-state index contributed by atoms with van der Waals surface area (Å²) in [6, 6.07) is 2.42. The van der Waals surface area contributed by atoms with Crippen LogP contribution in [0.25, 0.3) is 10.9 Å². The lowest BCUT2D eigenvalue weighted by molar-refractivity contribution is -0.145. The van der Waals surface area contributed by atoms with Gasteiger partial charge in [-0.05, 0) is 38.6 Å². The highest BCUT2D eigenvalue weighted by molar-refractivity contribution is 5.94. The van der Waals surface area contributed by atoms with Crippen molar-refractivity contribution in [3.8, 4) is 0 Å². The molecular formula is C14H17F3N4O. The molecule has 2 rings (SSSR count). The fourth-order valence-electron chi connectivity index (χ4n) is 2.16. The van der Waals surface area contributed by atoms with E-state index in [1.54, 1.807) is 12.1 Å². The lowest BCUT2D eigenvalue weighted by Crippen LogP contribution is -2.43. The maximum Gasteiger partial charge on any atom is 0.401 e. The van der Waals surface area contributed by atoms with E-state index < -0.39 is 24.7 Å². The first-order valence-electron chi connectivity index (χ1n) is 6.65. The van der Waals surface area contributed by atoms with Gasteiger partial charge in [0.2, 0.25) is 0 Å². The quantitative estimate of drug-likeness (QED) is 0.884. The van der Waals surface area contributed by atoms with E-state index in [0.717, 1.165) is 15.1 Å². The standard InChI is InChI=1S/C14H17F3N4O/c1-8-4-10-6-19-21(12(10)5-11(8)18)13(22)9(2)20(3)7-14(15,16)17/h4-6,9H,7,18H2,1-3H3. The van der Waals surface area contributed by atoms with Crippen LogP contribution in [0.1, 0.15) is 17.3 Å². The molecule has 2 aromatic rings. The van der Waals surface area contributed by atoms with Crippen LogP contribution < -0.4 is 5.73 Å². The Bertz CT molecular complexity index is 708. The van der Waals surface area contributed by atoms with Crippen LogP contribution in [0, 0.1) is 6.92 Å². The van der Waals surface area contributed by atoms with Gasteiger partial charge in [0.05, 0.1) is 24.3 Å². The van der Waals surface area contributed by atoms with Gasteiger partial charge in [-0.25, -0.2) is 0 Å². The number of nitrogen functional groups attached to an aromatic ring is 1. The molecule has 0 radical (unpaired) electrons. The second-order valence-electron chi connectivity index (χ2n) is 5.37. The first-order chi connectivity index (χ1) is 10.1. The summed E-state index contributed by atoms with van der Waals surface area (Å²) in [7, 11) is 1.25. The monoisotopic (exact) mass is 314 g/mol.